The van der Waals surface area contributed by atoms with Crippen LogP contribution in [0, 0.1) is 6.92 Å². The van der Waals surface area contributed by atoms with Crippen LogP contribution in [0.5, 0.6) is 5.75 Å². The van der Waals surface area contributed by atoms with E-state index in [1.807, 2.05) is 24.4 Å². The number of esters is 1. The molecule has 0 atom stereocenters. The Balaban J connectivity index is 1.69. The predicted octanol–water partition coefficient (Wildman–Crippen LogP) is 3.34. The van der Waals surface area contributed by atoms with Crippen LogP contribution in [-0.4, -0.2) is 34.0 Å². The average Bonchev–Trinajstić information content (AvgIpc) is 3.30. The van der Waals surface area contributed by atoms with E-state index in [1.54, 1.807) is 24.3 Å². The zero-order chi connectivity index (χ0) is 23.1. The summed E-state index contributed by atoms with van der Waals surface area (Å²) in [5, 5.41) is 4.54. The van der Waals surface area contributed by atoms with Crippen LogP contribution in [0.4, 0.5) is 5.69 Å². The highest BCUT2D eigenvalue weighted by atomic mass is 32.2. The number of anilines is 1. The average molecular weight is 475 g/mol. The van der Waals surface area contributed by atoms with Crippen molar-refractivity contribution in [2.24, 2.45) is 0 Å². The number of amides is 1. The topological polar surface area (TPSA) is 111 Å². The van der Waals surface area contributed by atoms with Crippen LogP contribution < -0.4 is 14.8 Å². The fourth-order valence-corrected chi connectivity index (χ4v) is 4.61. The summed E-state index contributed by atoms with van der Waals surface area (Å²) in [6.07, 6.45) is 0. The van der Waals surface area contributed by atoms with E-state index in [0.29, 0.717) is 12.2 Å². The van der Waals surface area contributed by atoms with E-state index in [4.69, 9.17) is 9.47 Å². The number of carbonyl (C=O) groups excluding carboxylic acids is 2. The number of ether oxygens (including phenoxy) is 2. The first-order valence-corrected chi connectivity index (χ1v) is 11.9. The Labute approximate surface area is 190 Å². The summed E-state index contributed by atoms with van der Waals surface area (Å²) in [6.45, 7) is 1.74. The second kappa shape index (κ2) is 10.3. The van der Waals surface area contributed by atoms with Crippen LogP contribution in [0.15, 0.2) is 64.9 Å². The number of hydrogen-bond donors (Lipinski definition) is 2. The lowest BCUT2D eigenvalue weighted by Gasteiger charge is -2.13. The van der Waals surface area contributed by atoms with Crippen molar-refractivity contribution in [1.29, 1.82) is 0 Å². The van der Waals surface area contributed by atoms with Crippen LogP contribution in [0.25, 0.3) is 0 Å². The third-order valence-corrected chi connectivity index (χ3v) is 6.65. The Bertz CT molecular complexity index is 1190. The molecule has 0 aliphatic rings. The van der Waals surface area contributed by atoms with Gasteiger partial charge in [0.25, 0.3) is 15.9 Å². The van der Waals surface area contributed by atoms with Gasteiger partial charge in [-0.05, 0) is 48.7 Å². The standard InChI is InChI=1S/C22H22N2O6S2/c1-15-5-8-17(9-6-15)24-32(27,28)20-12-16(7-10-19(20)29-2)22(26)30-14-21(25)23-13-18-4-3-11-31-18/h3-12,24H,13-14H2,1-2H3,(H,23,25). The number of sulfonamides is 1. The van der Waals surface area contributed by atoms with Crippen LogP contribution in [-0.2, 0) is 26.1 Å². The van der Waals surface area contributed by atoms with Crippen molar-refractivity contribution in [2.75, 3.05) is 18.4 Å². The number of nitrogens with one attached hydrogen (secondary N) is 2. The molecule has 1 heterocycles. The van der Waals surface area contributed by atoms with Gasteiger partial charge in [-0.25, -0.2) is 13.2 Å². The minimum Gasteiger partial charge on any atom is -0.495 e. The molecule has 3 rings (SSSR count). The summed E-state index contributed by atoms with van der Waals surface area (Å²) >= 11 is 1.50. The van der Waals surface area contributed by atoms with Gasteiger partial charge in [0, 0.05) is 10.6 Å². The van der Waals surface area contributed by atoms with Gasteiger partial charge in [-0.15, -0.1) is 11.3 Å². The van der Waals surface area contributed by atoms with Crippen molar-refractivity contribution in [3.63, 3.8) is 0 Å². The molecular weight excluding hydrogens is 452 g/mol. The van der Waals surface area contributed by atoms with Crippen molar-refractivity contribution in [3.8, 4) is 5.75 Å². The SMILES string of the molecule is COc1ccc(C(=O)OCC(=O)NCc2cccs2)cc1S(=O)(=O)Nc1ccc(C)cc1. The van der Waals surface area contributed by atoms with Gasteiger partial charge in [0.2, 0.25) is 0 Å². The van der Waals surface area contributed by atoms with E-state index in [-0.39, 0.29) is 16.2 Å². The first-order chi connectivity index (χ1) is 15.3. The monoisotopic (exact) mass is 474 g/mol. The van der Waals surface area contributed by atoms with Gasteiger partial charge in [0.15, 0.2) is 6.61 Å². The molecule has 0 aliphatic carbocycles. The fraction of sp³-hybridized carbons (Fsp3) is 0.182. The normalized spacial score (nSPS) is 10.9. The number of carbonyl (C=O) groups is 2. The molecule has 0 aliphatic heterocycles. The van der Waals surface area contributed by atoms with Gasteiger partial charge < -0.3 is 14.8 Å². The molecule has 10 heteroatoms. The molecule has 0 radical (unpaired) electrons. The second-order valence-electron chi connectivity index (χ2n) is 6.77. The number of benzene rings is 2. The number of hydrogen-bond acceptors (Lipinski definition) is 7. The van der Waals surface area contributed by atoms with Crippen LogP contribution in [0.2, 0.25) is 0 Å². The van der Waals surface area contributed by atoms with E-state index in [1.165, 1.54) is 30.6 Å². The molecule has 1 aromatic heterocycles. The van der Waals surface area contributed by atoms with E-state index in [9.17, 15) is 18.0 Å². The zero-order valence-corrected chi connectivity index (χ0v) is 19.1. The van der Waals surface area contributed by atoms with Gasteiger partial charge in [0.1, 0.15) is 10.6 Å². The summed E-state index contributed by atoms with van der Waals surface area (Å²) in [5.74, 6) is -1.23. The quantitative estimate of drug-likeness (QED) is 0.460. The molecule has 0 spiro atoms. The van der Waals surface area contributed by atoms with Gasteiger partial charge in [-0.2, -0.15) is 0 Å². The first kappa shape index (κ1) is 23.3. The summed E-state index contributed by atoms with van der Waals surface area (Å²) in [6, 6.07) is 14.4. The Morgan fingerprint density at radius 2 is 1.81 bits per heavy atom. The molecular formula is C22H22N2O6S2. The van der Waals surface area contributed by atoms with Gasteiger partial charge in [-0.3, -0.25) is 9.52 Å². The molecule has 168 valence electrons. The van der Waals surface area contributed by atoms with Crippen LogP contribution in [0.1, 0.15) is 20.8 Å². The molecule has 2 aromatic carbocycles. The Hall–Kier alpha value is -3.37. The minimum absolute atomic E-state index is 0.0267. The zero-order valence-electron chi connectivity index (χ0n) is 17.5. The van der Waals surface area contributed by atoms with E-state index in [2.05, 4.69) is 10.0 Å². The van der Waals surface area contributed by atoms with Crippen molar-refractivity contribution >= 4 is 38.9 Å². The Morgan fingerprint density at radius 1 is 1.06 bits per heavy atom. The van der Waals surface area contributed by atoms with E-state index < -0.39 is 28.5 Å². The number of rotatable bonds is 9. The molecule has 0 fully saturated rings. The van der Waals surface area contributed by atoms with Crippen LogP contribution >= 0.6 is 11.3 Å². The lowest BCUT2D eigenvalue weighted by Crippen LogP contribution is -2.28. The maximum Gasteiger partial charge on any atom is 0.338 e. The summed E-state index contributed by atoms with van der Waals surface area (Å²) in [5.41, 5.74) is 1.32. The van der Waals surface area contributed by atoms with Gasteiger partial charge in [0.05, 0.1) is 19.2 Å². The molecule has 3 aromatic rings. The molecule has 2 N–H and O–H groups in total. The number of thiophene rings is 1. The molecule has 0 unspecified atom stereocenters. The third-order valence-electron chi connectivity index (χ3n) is 4.37. The van der Waals surface area contributed by atoms with E-state index in [0.717, 1.165) is 16.5 Å². The van der Waals surface area contributed by atoms with Crippen molar-refractivity contribution in [3.05, 3.63) is 76.0 Å². The van der Waals surface area contributed by atoms with Gasteiger partial charge >= 0.3 is 5.97 Å². The highest BCUT2D eigenvalue weighted by Crippen LogP contribution is 2.27. The van der Waals surface area contributed by atoms with Crippen molar-refractivity contribution in [1.82, 2.24) is 5.32 Å². The molecule has 0 saturated carbocycles. The predicted molar refractivity (Wildman–Crippen MR) is 121 cm³/mol. The minimum atomic E-state index is -4.05. The molecule has 8 nitrogen and oxygen atoms in total. The largest absolute Gasteiger partial charge is 0.495 e. The maximum absolute atomic E-state index is 12.9. The van der Waals surface area contributed by atoms with Crippen molar-refractivity contribution < 1.29 is 27.5 Å². The maximum atomic E-state index is 12.9. The molecule has 32 heavy (non-hydrogen) atoms. The fourth-order valence-electron chi connectivity index (χ4n) is 2.71. The Kier molecular flexibility index (Phi) is 7.49. The molecule has 0 saturated heterocycles. The summed E-state index contributed by atoms with van der Waals surface area (Å²) in [7, 11) is -2.72. The highest BCUT2D eigenvalue weighted by molar-refractivity contribution is 7.92. The molecule has 0 bridgehead atoms. The van der Waals surface area contributed by atoms with Gasteiger partial charge in [-0.1, -0.05) is 23.8 Å². The lowest BCUT2D eigenvalue weighted by molar-refractivity contribution is -0.124. The third kappa shape index (κ3) is 6.08. The van der Waals surface area contributed by atoms with Crippen molar-refractivity contribution in [2.45, 2.75) is 18.4 Å². The Morgan fingerprint density at radius 3 is 2.47 bits per heavy atom. The number of methoxy groups -OCH3 is 1. The lowest BCUT2D eigenvalue weighted by atomic mass is 10.2. The second-order valence-corrected chi connectivity index (χ2v) is 9.45. The first-order valence-electron chi connectivity index (χ1n) is 9.52. The number of aryl methyl sites for hydroxylation is 1. The summed E-state index contributed by atoms with van der Waals surface area (Å²) < 4.78 is 38.4. The van der Waals surface area contributed by atoms with Crippen LogP contribution in [0.3, 0.4) is 0 Å². The summed E-state index contributed by atoms with van der Waals surface area (Å²) in [4.78, 5) is 25.1. The molecule has 1 amide bonds. The van der Waals surface area contributed by atoms with E-state index >= 15 is 0 Å². The highest BCUT2D eigenvalue weighted by Gasteiger charge is 2.23. The smallest absolute Gasteiger partial charge is 0.338 e.